The summed E-state index contributed by atoms with van der Waals surface area (Å²) in [5.41, 5.74) is -11.3. The number of halogens is 6. The van der Waals surface area contributed by atoms with Gasteiger partial charge >= 0.3 is 30.8 Å². The molecule has 0 aliphatic heterocycles. The topological polar surface area (TPSA) is 289 Å². The van der Waals surface area contributed by atoms with Crippen molar-refractivity contribution in [2.75, 3.05) is 0 Å². The molecule has 20 heteroatoms. The summed E-state index contributed by atoms with van der Waals surface area (Å²) in [6.07, 6.45) is 0. The van der Waals surface area contributed by atoms with Crippen LogP contribution in [-0.2, 0) is 40.0 Å². The van der Waals surface area contributed by atoms with Crippen LogP contribution in [0.15, 0.2) is 36.4 Å². The SMILES string of the molecule is N.N.N.N.N.O=S(=O)([O-])C(F)(F)F.O=S(=O)([O-])C(F)(F)F.[Os+2].c1ccccc1. The van der Waals surface area contributed by atoms with Crippen molar-refractivity contribution >= 4 is 20.2 Å². The zero-order chi connectivity index (χ0) is 18.2. The minimum atomic E-state index is -6.09. The van der Waals surface area contributed by atoms with E-state index in [1.54, 1.807) is 0 Å². The standard InChI is InChI=1S/C6H6.2CHF3O3S.5H3N.Os/c1-2-4-6-5-3-1;2*2-1(3,4)8(5,6)7;;;;;;/h1-6H;2*(H,5,6,7);5*1H3;/q;;;;;;;;+2/p-2. The molecule has 176 valence electrons. The van der Waals surface area contributed by atoms with Gasteiger partial charge in [-0.05, 0) is 0 Å². The van der Waals surface area contributed by atoms with Gasteiger partial charge in [0, 0.05) is 0 Å². The Morgan fingerprint density at radius 1 is 0.500 bits per heavy atom. The Labute approximate surface area is 170 Å². The van der Waals surface area contributed by atoms with Crippen LogP contribution in [0, 0.1) is 0 Å². The summed E-state index contributed by atoms with van der Waals surface area (Å²) in [5, 5.41) is 0. The predicted molar refractivity (Wildman–Crippen MR) is 83.1 cm³/mol. The number of alkyl halides is 6. The van der Waals surface area contributed by atoms with Crippen molar-refractivity contribution in [1.82, 2.24) is 30.8 Å². The van der Waals surface area contributed by atoms with E-state index in [0.717, 1.165) is 0 Å². The van der Waals surface area contributed by atoms with E-state index in [4.69, 9.17) is 25.9 Å². The fourth-order valence-corrected chi connectivity index (χ4v) is 0.385. The fraction of sp³-hybridized carbons (Fsp3) is 0.250. The van der Waals surface area contributed by atoms with Crippen molar-refractivity contribution in [2.24, 2.45) is 0 Å². The number of rotatable bonds is 0. The summed E-state index contributed by atoms with van der Waals surface area (Å²) >= 11 is 0. The Morgan fingerprint density at radius 2 is 0.571 bits per heavy atom. The maximum Gasteiger partial charge on any atom is 2.00 e. The molecule has 15 N–H and O–H groups in total. The predicted octanol–water partition coefficient (Wildman–Crippen LogP) is 2.60. The van der Waals surface area contributed by atoms with Crippen molar-refractivity contribution in [3.05, 3.63) is 36.4 Å². The molecule has 1 rings (SSSR count). The first-order chi connectivity index (χ1) is 9.50. The van der Waals surface area contributed by atoms with E-state index in [0.29, 0.717) is 0 Å². The van der Waals surface area contributed by atoms with E-state index < -0.39 is 31.3 Å². The van der Waals surface area contributed by atoms with Gasteiger partial charge in [0.15, 0.2) is 20.2 Å². The van der Waals surface area contributed by atoms with E-state index in [9.17, 15) is 26.3 Å². The van der Waals surface area contributed by atoms with E-state index in [1.165, 1.54) is 0 Å². The molecule has 1 aromatic rings. The second kappa shape index (κ2) is 19.4. The molecule has 0 unspecified atom stereocenters. The molecular formula is C8H21F6N5O6OsS2. The second-order valence-corrected chi connectivity index (χ2v) is 5.70. The summed E-state index contributed by atoms with van der Waals surface area (Å²) in [6.45, 7) is 0. The van der Waals surface area contributed by atoms with Crippen molar-refractivity contribution in [3.63, 3.8) is 0 Å². The van der Waals surface area contributed by atoms with Crippen LogP contribution in [0.25, 0.3) is 0 Å². The molecule has 0 aliphatic rings. The summed E-state index contributed by atoms with van der Waals surface area (Å²) in [6, 6.07) is 12.0. The Kier molecular flexibility index (Phi) is 35.0. The molecule has 0 saturated carbocycles. The Hall–Kier alpha value is -0.944. The first-order valence-corrected chi connectivity index (χ1v) is 7.36. The zero-order valence-electron chi connectivity index (χ0n) is 13.9. The molecule has 0 fully saturated rings. The molecule has 0 atom stereocenters. The van der Waals surface area contributed by atoms with Crippen molar-refractivity contribution in [3.8, 4) is 0 Å². The molecule has 0 radical (unpaired) electrons. The molecule has 11 nitrogen and oxygen atoms in total. The molecule has 0 aliphatic carbocycles. The Balaban J connectivity index is -0.0000000324. The van der Waals surface area contributed by atoms with Gasteiger partial charge in [0.1, 0.15) is 0 Å². The van der Waals surface area contributed by atoms with Crippen molar-refractivity contribution in [1.29, 1.82) is 0 Å². The maximum atomic E-state index is 10.7. The van der Waals surface area contributed by atoms with Gasteiger partial charge in [-0.25, -0.2) is 16.8 Å². The van der Waals surface area contributed by atoms with E-state index in [1.807, 2.05) is 36.4 Å². The van der Waals surface area contributed by atoms with Crippen LogP contribution in [0.5, 0.6) is 0 Å². The summed E-state index contributed by atoms with van der Waals surface area (Å²) < 4.78 is 118. The molecular weight excluding hydrogens is 630 g/mol. The zero-order valence-corrected chi connectivity index (χ0v) is 18.1. The van der Waals surface area contributed by atoms with Crippen LogP contribution in [0.3, 0.4) is 0 Å². The van der Waals surface area contributed by atoms with Crippen LogP contribution in [-0.4, -0.2) is 37.0 Å². The third-order valence-corrected chi connectivity index (χ3v) is 2.37. The number of hydrogen-bond donors (Lipinski definition) is 5. The summed E-state index contributed by atoms with van der Waals surface area (Å²) in [4.78, 5) is 0. The molecule has 0 aromatic heterocycles. The van der Waals surface area contributed by atoms with Gasteiger partial charge in [0.2, 0.25) is 0 Å². The largest absolute Gasteiger partial charge is 2.00 e. The third-order valence-electron chi connectivity index (χ3n) is 1.23. The van der Waals surface area contributed by atoms with Crippen LogP contribution in [0.4, 0.5) is 26.3 Å². The Morgan fingerprint density at radius 3 is 0.607 bits per heavy atom. The van der Waals surface area contributed by atoms with Gasteiger partial charge in [0.25, 0.3) is 0 Å². The first-order valence-electron chi connectivity index (χ1n) is 4.54. The third kappa shape index (κ3) is 27.3. The molecule has 0 bridgehead atoms. The van der Waals surface area contributed by atoms with Gasteiger partial charge in [-0.1, -0.05) is 36.4 Å². The van der Waals surface area contributed by atoms with Gasteiger partial charge < -0.3 is 39.9 Å². The molecule has 0 spiro atoms. The number of benzene rings is 1. The quantitative estimate of drug-likeness (QED) is 0.154. The monoisotopic (exact) mass is 653 g/mol. The summed E-state index contributed by atoms with van der Waals surface area (Å²) in [7, 11) is -12.2. The smallest absolute Gasteiger partial charge is 0.741 e. The number of hydrogen-bond acceptors (Lipinski definition) is 11. The molecule has 0 heterocycles. The maximum absolute atomic E-state index is 10.7. The molecule has 0 amide bonds. The van der Waals surface area contributed by atoms with Crippen LogP contribution >= 0.6 is 0 Å². The van der Waals surface area contributed by atoms with E-state index in [-0.39, 0.29) is 50.5 Å². The molecule has 1 aromatic carbocycles. The second-order valence-electron chi connectivity index (χ2n) is 2.95. The van der Waals surface area contributed by atoms with Gasteiger partial charge in [-0.15, -0.1) is 0 Å². The first kappa shape index (κ1) is 50.6. The molecule has 28 heavy (non-hydrogen) atoms. The van der Waals surface area contributed by atoms with E-state index >= 15 is 0 Å². The Bertz CT molecular complexity index is 576. The van der Waals surface area contributed by atoms with E-state index in [2.05, 4.69) is 0 Å². The van der Waals surface area contributed by atoms with Crippen LogP contribution in [0.1, 0.15) is 0 Å². The van der Waals surface area contributed by atoms with Crippen LogP contribution < -0.4 is 30.8 Å². The minimum absolute atomic E-state index is 0. The van der Waals surface area contributed by atoms with Crippen molar-refractivity contribution in [2.45, 2.75) is 11.0 Å². The average molecular weight is 652 g/mol. The fourth-order valence-electron chi connectivity index (χ4n) is 0.385. The molecule has 0 saturated heterocycles. The minimum Gasteiger partial charge on any atom is -0.741 e. The van der Waals surface area contributed by atoms with Gasteiger partial charge in [0.05, 0.1) is 0 Å². The van der Waals surface area contributed by atoms with Crippen molar-refractivity contribution < 1.29 is 72.1 Å². The van der Waals surface area contributed by atoms with Gasteiger partial charge in [-0.3, -0.25) is 0 Å². The van der Waals surface area contributed by atoms with Gasteiger partial charge in [-0.2, -0.15) is 26.3 Å². The average Bonchev–Trinajstić information content (AvgIpc) is 2.27. The normalized spacial score (nSPS) is 9.71. The summed E-state index contributed by atoms with van der Waals surface area (Å²) in [5.74, 6) is 0. The van der Waals surface area contributed by atoms with Crippen LogP contribution in [0.2, 0.25) is 0 Å².